The highest BCUT2D eigenvalue weighted by Gasteiger charge is 2.00. The van der Waals surface area contributed by atoms with Crippen molar-refractivity contribution in [2.45, 2.75) is 6.54 Å². The molecule has 2 rings (SSSR count). The third-order valence-corrected chi connectivity index (χ3v) is 2.26. The monoisotopic (exact) mass is 235 g/mol. The van der Waals surface area contributed by atoms with Gasteiger partial charge in [-0.05, 0) is 35.9 Å². The van der Waals surface area contributed by atoms with E-state index in [0.29, 0.717) is 17.8 Å². The number of hydrogen-bond donors (Lipinski definition) is 2. The summed E-state index contributed by atoms with van der Waals surface area (Å²) in [7, 11) is 0. The van der Waals surface area contributed by atoms with Crippen LogP contribution in [0.15, 0.2) is 42.5 Å². The number of benzene rings is 2. The van der Waals surface area contributed by atoms with Crippen LogP contribution in [0.2, 0.25) is 0 Å². The molecular formula is C13H11F2NO. The van der Waals surface area contributed by atoms with Gasteiger partial charge >= 0.3 is 0 Å². The average molecular weight is 235 g/mol. The Hall–Kier alpha value is -2.10. The summed E-state index contributed by atoms with van der Waals surface area (Å²) in [6.07, 6.45) is 0. The molecule has 0 aliphatic rings. The third kappa shape index (κ3) is 3.17. The molecule has 17 heavy (non-hydrogen) atoms. The van der Waals surface area contributed by atoms with Gasteiger partial charge in [-0.15, -0.1) is 0 Å². The summed E-state index contributed by atoms with van der Waals surface area (Å²) in [4.78, 5) is 0. The van der Waals surface area contributed by atoms with E-state index >= 15 is 0 Å². The topological polar surface area (TPSA) is 32.3 Å². The number of phenols is 1. The van der Waals surface area contributed by atoms with Crippen molar-refractivity contribution in [3.05, 3.63) is 59.7 Å². The van der Waals surface area contributed by atoms with Crippen LogP contribution < -0.4 is 5.32 Å². The highest BCUT2D eigenvalue weighted by Crippen LogP contribution is 2.16. The van der Waals surface area contributed by atoms with Gasteiger partial charge in [0.1, 0.15) is 17.4 Å². The smallest absolute Gasteiger partial charge is 0.127 e. The molecule has 0 unspecified atom stereocenters. The van der Waals surface area contributed by atoms with Crippen LogP contribution in [0.3, 0.4) is 0 Å². The molecule has 0 radical (unpaired) electrons. The quantitative estimate of drug-likeness (QED) is 0.855. The molecule has 0 heterocycles. The Morgan fingerprint density at radius 1 is 1.00 bits per heavy atom. The fourth-order valence-electron chi connectivity index (χ4n) is 1.54. The molecule has 0 saturated carbocycles. The number of halogens is 2. The molecule has 0 aliphatic carbocycles. The van der Waals surface area contributed by atoms with Crippen LogP contribution in [0, 0.1) is 11.6 Å². The maximum Gasteiger partial charge on any atom is 0.127 e. The molecule has 0 fully saturated rings. The Balaban J connectivity index is 2.07. The number of anilines is 1. The van der Waals surface area contributed by atoms with Gasteiger partial charge in [0.15, 0.2) is 0 Å². The van der Waals surface area contributed by atoms with E-state index in [0.717, 1.165) is 6.07 Å². The third-order valence-electron chi connectivity index (χ3n) is 2.26. The lowest BCUT2D eigenvalue weighted by atomic mass is 10.2. The summed E-state index contributed by atoms with van der Waals surface area (Å²) < 4.78 is 25.9. The Morgan fingerprint density at radius 3 is 2.53 bits per heavy atom. The highest BCUT2D eigenvalue weighted by molar-refractivity contribution is 5.44. The molecule has 2 aromatic carbocycles. The molecule has 0 aromatic heterocycles. The first-order valence-electron chi connectivity index (χ1n) is 5.11. The summed E-state index contributed by atoms with van der Waals surface area (Å²) in [5, 5.41) is 12.1. The van der Waals surface area contributed by atoms with Gasteiger partial charge in [-0.3, -0.25) is 0 Å². The van der Waals surface area contributed by atoms with E-state index in [-0.39, 0.29) is 11.6 Å². The molecule has 0 bridgehead atoms. The minimum Gasteiger partial charge on any atom is -0.508 e. The van der Waals surface area contributed by atoms with Crippen LogP contribution in [0.5, 0.6) is 5.75 Å². The van der Waals surface area contributed by atoms with Crippen molar-refractivity contribution in [2.75, 3.05) is 5.32 Å². The standard InChI is InChI=1S/C13H11F2NO/c14-10-2-1-3-12(6-10)16-8-9-4-11(15)7-13(17)5-9/h1-7,16-17H,8H2. The Labute approximate surface area is 97.5 Å². The molecule has 0 spiro atoms. The zero-order valence-electron chi connectivity index (χ0n) is 8.95. The van der Waals surface area contributed by atoms with E-state index in [4.69, 9.17) is 0 Å². The van der Waals surface area contributed by atoms with Crippen molar-refractivity contribution in [2.24, 2.45) is 0 Å². The van der Waals surface area contributed by atoms with Crippen molar-refractivity contribution in [3.63, 3.8) is 0 Å². The van der Waals surface area contributed by atoms with Crippen LogP contribution in [0.25, 0.3) is 0 Å². The van der Waals surface area contributed by atoms with E-state index in [1.54, 1.807) is 12.1 Å². The van der Waals surface area contributed by atoms with Gasteiger partial charge in [-0.2, -0.15) is 0 Å². The molecule has 2 aromatic rings. The van der Waals surface area contributed by atoms with Gasteiger partial charge in [0.25, 0.3) is 0 Å². The van der Waals surface area contributed by atoms with Gasteiger partial charge in [0.2, 0.25) is 0 Å². The molecule has 0 amide bonds. The Bertz CT molecular complexity index is 508. The summed E-state index contributed by atoms with van der Waals surface area (Å²) >= 11 is 0. The molecule has 2 N–H and O–H groups in total. The van der Waals surface area contributed by atoms with Crippen LogP contribution in [0.4, 0.5) is 14.5 Å². The number of rotatable bonds is 3. The predicted octanol–water partition coefficient (Wildman–Crippen LogP) is 3.28. The zero-order chi connectivity index (χ0) is 12.3. The normalized spacial score (nSPS) is 10.2. The number of phenolic OH excluding ortho intramolecular Hbond substituents is 1. The number of hydrogen-bond acceptors (Lipinski definition) is 2. The zero-order valence-corrected chi connectivity index (χ0v) is 8.95. The van der Waals surface area contributed by atoms with Crippen LogP contribution in [0.1, 0.15) is 5.56 Å². The lowest BCUT2D eigenvalue weighted by Crippen LogP contribution is -1.99. The first kappa shape index (κ1) is 11.4. The molecule has 0 aliphatic heterocycles. The van der Waals surface area contributed by atoms with E-state index in [9.17, 15) is 13.9 Å². The van der Waals surface area contributed by atoms with Gasteiger partial charge in [0, 0.05) is 18.3 Å². The summed E-state index contributed by atoms with van der Waals surface area (Å²) in [6.45, 7) is 0.314. The number of aromatic hydroxyl groups is 1. The summed E-state index contributed by atoms with van der Waals surface area (Å²) in [5.41, 5.74) is 1.19. The van der Waals surface area contributed by atoms with Crippen LogP contribution in [-0.2, 0) is 6.54 Å². The van der Waals surface area contributed by atoms with Gasteiger partial charge in [0.05, 0.1) is 0 Å². The Kier molecular flexibility index (Phi) is 3.23. The van der Waals surface area contributed by atoms with Crippen molar-refractivity contribution in [1.29, 1.82) is 0 Å². The highest BCUT2D eigenvalue weighted by atomic mass is 19.1. The largest absolute Gasteiger partial charge is 0.508 e. The van der Waals surface area contributed by atoms with Gasteiger partial charge in [-0.25, -0.2) is 8.78 Å². The molecule has 4 heteroatoms. The fraction of sp³-hybridized carbons (Fsp3) is 0.0769. The average Bonchev–Trinajstić information content (AvgIpc) is 2.25. The minimum atomic E-state index is -0.499. The van der Waals surface area contributed by atoms with E-state index in [1.165, 1.54) is 24.3 Å². The predicted molar refractivity (Wildman–Crippen MR) is 61.8 cm³/mol. The summed E-state index contributed by atoms with van der Waals surface area (Å²) in [6, 6.07) is 9.79. The first-order valence-corrected chi connectivity index (χ1v) is 5.11. The number of nitrogens with one attached hydrogen (secondary N) is 1. The first-order chi connectivity index (χ1) is 8.13. The lowest BCUT2D eigenvalue weighted by Gasteiger charge is -2.07. The second-order valence-electron chi connectivity index (χ2n) is 3.68. The van der Waals surface area contributed by atoms with E-state index in [2.05, 4.69) is 5.32 Å². The van der Waals surface area contributed by atoms with Crippen molar-refractivity contribution in [3.8, 4) is 5.75 Å². The summed E-state index contributed by atoms with van der Waals surface area (Å²) in [5.74, 6) is -0.959. The van der Waals surface area contributed by atoms with Crippen molar-refractivity contribution in [1.82, 2.24) is 0 Å². The molecule has 0 atom stereocenters. The minimum absolute atomic E-state index is 0.124. The maximum atomic E-state index is 13.0. The molecule has 88 valence electrons. The fourth-order valence-corrected chi connectivity index (χ4v) is 1.54. The van der Waals surface area contributed by atoms with E-state index < -0.39 is 5.82 Å². The van der Waals surface area contributed by atoms with Crippen molar-refractivity contribution >= 4 is 5.69 Å². The molecule has 2 nitrogen and oxygen atoms in total. The second-order valence-corrected chi connectivity index (χ2v) is 3.68. The van der Waals surface area contributed by atoms with Crippen molar-refractivity contribution < 1.29 is 13.9 Å². The Morgan fingerprint density at radius 2 is 1.82 bits per heavy atom. The van der Waals surface area contributed by atoms with Gasteiger partial charge in [-0.1, -0.05) is 6.07 Å². The maximum absolute atomic E-state index is 13.0. The van der Waals surface area contributed by atoms with Gasteiger partial charge < -0.3 is 10.4 Å². The second kappa shape index (κ2) is 4.82. The van der Waals surface area contributed by atoms with Crippen LogP contribution >= 0.6 is 0 Å². The molecule has 0 saturated heterocycles. The lowest BCUT2D eigenvalue weighted by molar-refractivity contribution is 0.468. The SMILES string of the molecule is Oc1cc(F)cc(CNc2cccc(F)c2)c1. The molecular weight excluding hydrogens is 224 g/mol. The van der Waals surface area contributed by atoms with E-state index in [1.807, 2.05) is 0 Å². The van der Waals surface area contributed by atoms with Crippen LogP contribution in [-0.4, -0.2) is 5.11 Å².